The number of fused-ring (bicyclic) bond motifs is 6. The van der Waals surface area contributed by atoms with Gasteiger partial charge in [0.15, 0.2) is 0 Å². The molecule has 0 bridgehead atoms. The maximum atomic E-state index is 14.0. The molecule has 0 fully saturated rings. The second kappa shape index (κ2) is 12.7. The third-order valence-electron chi connectivity index (χ3n) is 12.2. The van der Waals surface area contributed by atoms with E-state index in [9.17, 15) is 8.78 Å². The van der Waals surface area contributed by atoms with E-state index in [0.29, 0.717) is 0 Å². The Kier molecular flexibility index (Phi) is 7.71. The molecule has 6 aromatic rings. The fourth-order valence-electron chi connectivity index (χ4n) is 9.41. The van der Waals surface area contributed by atoms with Gasteiger partial charge in [0.2, 0.25) is 0 Å². The molecule has 4 aliphatic rings. The first-order chi connectivity index (χ1) is 26.8. The van der Waals surface area contributed by atoms with E-state index in [2.05, 4.69) is 139 Å². The average molecular weight is 723 g/mol. The lowest BCUT2D eigenvalue weighted by atomic mass is 9.75. The Balaban J connectivity index is 1.06. The molecule has 3 nitrogen and oxygen atoms in total. The molecule has 1 aliphatic heterocycles. The molecule has 0 spiro atoms. The lowest BCUT2D eigenvalue weighted by Crippen LogP contribution is -2.42. The summed E-state index contributed by atoms with van der Waals surface area (Å²) in [6, 6.07) is 37.9. The highest BCUT2D eigenvalue weighted by Crippen LogP contribution is 2.53. The number of furan rings is 1. The van der Waals surface area contributed by atoms with Crippen molar-refractivity contribution in [3.05, 3.63) is 192 Å². The molecule has 5 aromatic carbocycles. The quantitative estimate of drug-likeness (QED) is 0.171. The Morgan fingerprint density at radius 2 is 1.27 bits per heavy atom. The normalized spacial score (nSPS) is 21.6. The predicted molar refractivity (Wildman–Crippen MR) is 221 cm³/mol. The van der Waals surface area contributed by atoms with E-state index in [-0.39, 0.29) is 23.1 Å². The topological polar surface area (TPSA) is 19.6 Å². The minimum Gasteiger partial charge on any atom is -0.457 e. The van der Waals surface area contributed by atoms with Crippen LogP contribution in [0.25, 0.3) is 34.4 Å². The van der Waals surface area contributed by atoms with E-state index in [0.717, 1.165) is 75.8 Å². The van der Waals surface area contributed by atoms with Crippen LogP contribution in [0.2, 0.25) is 0 Å². The second-order valence-electron chi connectivity index (χ2n) is 15.5. The number of nitrogens with zero attached hydrogens (tertiary/aromatic N) is 2. The van der Waals surface area contributed by atoms with Crippen molar-refractivity contribution < 1.29 is 13.2 Å². The van der Waals surface area contributed by atoms with Crippen LogP contribution in [0.5, 0.6) is 0 Å². The van der Waals surface area contributed by atoms with Gasteiger partial charge < -0.3 is 14.2 Å². The summed E-state index contributed by atoms with van der Waals surface area (Å²) in [6.45, 7) is 4.63. The molecule has 1 aromatic heterocycles. The number of anilines is 4. The smallest absolute Gasteiger partial charge is 0.133 e. The van der Waals surface area contributed by atoms with Crippen molar-refractivity contribution in [2.75, 3.05) is 9.80 Å². The summed E-state index contributed by atoms with van der Waals surface area (Å²) >= 11 is 0. The maximum Gasteiger partial charge on any atom is 0.133 e. The van der Waals surface area contributed by atoms with Crippen molar-refractivity contribution in [3.8, 4) is 22.3 Å². The minimum atomic E-state index is -0.424. The number of hydrogen-bond donors (Lipinski definition) is 0. The van der Waals surface area contributed by atoms with Crippen LogP contribution in [0.1, 0.15) is 54.9 Å². The third kappa shape index (κ3) is 5.36. The number of benzene rings is 5. The van der Waals surface area contributed by atoms with Crippen molar-refractivity contribution >= 4 is 34.9 Å². The highest BCUT2D eigenvalue weighted by molar-refractivity contribution is 5.82. The summed E-state index contributed by atoms with van der Waals surface area (Å²) < 4.78 is 34.2. The molecule has 0 amide bonds. The Morgan fingerprint density at radius 1 is 0.673 bits per heavy atom. The highest BCUT2D eigenvalue weighted by atomic mass is 19.1. The van der Waals surface area contributed by atoms with Crippen LogP contribution in [0.4, 0.5) is 31.5 Å². The van der Waals surface area contributed by atoms with Crippen LogP contribution in [0.3, 0.4) is 0 Å². The number of halogens is 2. The number of allylic oxidation sites excluding steroid dienone is 3. The Hall–Kier alpha value is -6.20. The summed E-state index contributed by atoms with van der Waals surface area (Å²) in [5.41, 5.74) is 11.7. The molecule has 3 unspecified atom stereocenters. The van der Waals surface area contributed by atoms with Gasteiger partial charge in [0, 0.05) is 39.3 Å². The van der Waals surface area contributed by atoms with Gasteiger partial charge in [0.25, 0.3) is 0 Å². The summed E-state index contributed by atoms with van der Waals surface area (Å²) in [7, 11) is 0. The van der Waals surface area contributed by atoms with Crippen LogP contribution < -0.4 is 9.80 Å². The van der Waals surface area contributed by atoms with Crippen LogP contribution in [0.15, 0.2) is 156 Å². The van der Waals surface area contributed by atoms with Crippen LogP contribution in [-0.2, 0) is 17.4 Å². The van der Waals surface area contributed by atoms with Crippen molar-refractivity contribution in [2.24, 2.45) is 0 Å². The minimum absolute atomic E-state index is 0.0814. The maximum absolute atomic E-state index is 14.0. The molecule has 55 heavy (non-hydrogen) atoms. The molecule has 3 aliphatic carbocycles. The molecule has 10 rings (SSSR count). The van der Waals surface area contributed by atoms with Gasteiger partial charge in [-0.05, 0) is 146 Å². The largest absolute Gasteiger partial charge is 0.457 e. The monoisotopic (exact) mass is 722 g/mol. The second-order valence-corrected chi connectivity index (χ2v) is 15.5. The summed E-state index contributed by atoms with van der Waals surface area (Å²) in [6.07, 6.45) is 20.2. The van der Waals surface area contributed by atoms with Crippen molar-refractivity contribution in [1.82, 2.24) is 0 Å². The average Bonchev–Trinajstić information content (AvgIpc) is 3.73. The van der Waals surface area contributed by atoms with Gasteiger partial charge >= 0.3 is 0 Å². The molecular formula is C50H40F2N2O. The van der Waals surface area contributed by atoms with Crippen molar-refractivity contribution in [3.63, 3.8) is 0 Å². The number of hydrogen-bond acceptors (Lipinski definition) is 3. The van der Waals surface area contributed by atoms with E-state index in [4.69, 9.17) is 4.42 Å². The van der Waals surface area contributed by atoms with E-state index in [1.807, 2.05) is 24.3 Å². The molecular weight excluding hydrogens is 683 g/mol. The first-order valence-corrected chi connectivity index (χ1v) is 19.1. The van der Waals surface area contributed by atoms with Crippen LogP contribution in [-0.4, -0.2) is 6.04 Å². The molecule has 270 valence electrons. The van der Waals surface area contributed by atoms with Gasteiger partial charge in [-0.25, -0.2) is 8.78 Å². The number of rotatable bonds is 6. The highest BCUT2D eigenvalue weighted by Gasteiger charge is 2.47. The van der Waals surface area contributed by atoms with Gasteiger partial charge in [0.05, 0.1) is 11.6 Å². The molecule has 3 atom stereocenters. The van der Waals surface area contributed by atoms with Gasteiger partial charge in [0.1, 0.15) is 23.2 Å². The van der Waals surface area contributed by atoms with Crippen LogP contribution >= 0.6 is 0 Å². The fourth-order valence-corrected chi connectivity index (χ4v) is 9.41. The van der Waals surface area contributed by atoms with Crippen molar-refractivity contribution in [2.45, 2.75) is 50.1 Å². The molecule has 2 heterocycles. The van der Waals surface area contributed by atoms with Crippen molar-refractivity contribution in [1.29, 1.82) is 0 Å². The Bertz CT molecular complexity index is 2560. The van der Waals surface area contributed by atoms with E-state index >= 15 is 0 Å². The zero-order valence-corrected chi connectivity index (χ0v) is 30.8. The van der Waals surface area contributed by atoms with Crippen LogP contribution in [0, 0.1) is 11.6 Å². The molecule has 0 N–H and O–H groups in total. The van der Waals surface area contributed by atoms with Gasteiger partial charge in [-0.1, -0.05) is 78.9 Å². The Morgan fingerprint density at radius 3 is 1.96 bits per heavy atom. The molecule has 0 saturated carbocycles. The molecule has 0 radical (unpaired) electrons. The zero-order chi connectivity index (χ0) is 37.3. The van der Waals surface area contributed by atoms with E-state index in [1.54, 1.807) is 0 Å². The SMILES string of the molecule is CC12C=CC=CC1N(c1ccc(F)cc1)c1ccc(-c3ccc(N(c4ccc(-c5ccc(F)cc5)cc4)C4(C)CC=Cc5oc6c(c54)CCC=C6)cc3)cc12. The standard InChI is InChI=1S/C50H40F2N2O/c1-49-30-6-5-11-47(49)53(39-27-21-38(52)22-28-39)44-29-18-36(32-43(44)49)35-16-25-41(26-17-35)54(40-23-14-34(15-24-40)33-12-19-37(51)20-13-33)50(2)31-7-10-46-48(50)42-8-3-4-9-45(42)55-46/h4-7,9-30,32,47H,3,8,31H2,1-2H3. The third-order valence-corrected chi connectivity index (χ3v) is 12.2. The summed E-state index contributed by atoms with van der Waals surface area (Å²) in [5, 5.41) is 0. The van der Waals surface area contributed by atoms with Gasteiger partial charge in [-0.3, -0.25) is 0 Å². The predicted octanol–water partition coefficient (Wildman–Crippen LogP) is 13.2. The Labute approximate surface area is 320 Å². The lowest BCUT2D eigenvalue weighted by Gasteiger charge is -2.44. The van der Waals surface area contributed by atoms with Gasteiger partial charge in [-0.2, -0.15) is 0 Å². The molecule has 5 heteroatoms. The fraction of sp³-hybridized carbons (Fsp3) is 0.160. The first-order valence-electron chi connectivity index (χ1n) is 19.1. The molecule has 0 saturated heterocycles. The summed E-state index contributed by atoms with van der Waals surface area (Å²) in [5.74, 6) is 1.42. The first kappa shape index (κ1) is 33.4. The van der Waals surface area contributed by atoms with E-state index in [1.165, 1.54) is 41.0 Å². The lowest BCUT2D eigenvalue weighted by molar-refractivity contribution is 0.461. The zero-order valence-electron chi connectivity index (χ0n) is 30.8. The summed E-state index contributed by atoms with van der Waals surface area (Å²) in [4.78, 5) is 4.80. The van der Waals surface area contributed by atoms with E-state index < -0.39 is 5.54 Å². The van der Waals surface area contributed by atoms with Gasteiger partial charge in [-0.15, -0.1) is 0 Å².